The van der Waals surface area contributed by atoms with Crippen molar-refractivity contribution in [3.8, 4) is 5.75 Å². The number of nitrogens with one attached hydrogen (secondary N) is 1. The molecule has 2 amide bonds. The molecule has 2 aromatic rings. The van der Waals surface area contributed by atoms with Crippen LogP contribution in [0.25, 0.3) is 0 Å². The molecule has 0 heterocycles. The van der Waals surface area contributed by atoms with E-state index in [9.17, 15) is 9.59 Å². The zero-order valence-corrected chi connectivity index (χ0v) is 18.5. The second-order valence-corrected chi connectivity index (χ2v) is 7.61. The molecule has 1 N–H and O–H groups in total. The van der Waals surface area contributed by atoms with E-state index in [1.807, 2.05) is 48.5 Å². The molecule has 2 aromatic carbocycles. The number of ether oxygens (including phenoxy) is 1. The first-order valence-electron chi connectivity index (χ1n) is 10.5. The van der Waals surface area contributed by atoms with Crippen LogP contribution in [0.2, 0.25) is 5.02 Å². The van der Waals surface area contributed by atoms with Crippen molar-refractivity contribution in [2.75, 3.05) is 13.2 Å². The van der Waals surface area contributed by atoms with Gasteiger partial charge in [-0.05, 0) is 43.5 Å². The fourth-order valence-corrected chi connectivity index (χ4v) is 3.20. The van der Waals surface area contributed by atoms with Gasteiger partial charge in [-0.15, -0.1) is 0 Å². The van der Waals surface area contributed by atoms with Crippen LogP contribution >= 0.6 is 11.6 Å². The number of amides is 2. The van der Waals surface area contributed by atoms with Crippen LogP contribution in [0.3, 0.4) is 0 Å². The number of para-hydroxylation sites is 1. The predicted octanol–water partition coefficient (Wildman–Crippen LogP) is 4.83. The third-order valence-corrected chi connectivity index (χ3v) is 5.21. The second-order valence-electron chi connectivity index (χ2n) is 7.20. The highest BCUT2D eigenvalue weighted by Gasteiger charge is 2.26. The van der Waals surface area contributed by atoms with Crippen LogP contribution < -0.4 is 10.1 Å². The lowest BCUT2D eigenvalue weighted by molar-refractivity contribution is -0.140. The molecule has 0 aliphatic rings. The summed E-state index contributed by atoms with van der Waals surface area (Å²) in [5.74, 6) is 0.538. The van der Waals surface area contributed by atoms with E-state index in [4.69, 9.17) is 16.3 Å². The zero-order chi connectivity index (χ0) is 21.8. The Hall–Kier alpha value is -2.53. The summed E-state index contributed by atoms with van der Waals surface area (Å²) in [6.45, 7) is 5.17. The standard InChI is InChI=1S/C24H31ClN2O3/c1-3-4-16-26-24(29)19(2)27(18-20-11-8-9-14-22(20)25)23(28)15-10-17-30-21-12-6-5-7-13-21/h5-9,11-14,19H,3-4,10,15-18H2,1-2H3,(H,26,29)/t19-/m0/s1. The molecule has 0 fully saturated rings. The molecular weight excluding hydrogens is 400 g/mol. The number of carbonyl (C=O) groups excluding carboxylic acids is 2. The normalized spacial score (nSPS) is 11.6. The maximum Gasteiger partial charge on any atom is 0.242 e. The predicted molar refractivity (Wildman–Crippen MR) is 121 cm³/mol. The summed E-state index contributed by atoms with van der Waals surface area (Å²) in [5, 5.41) is 3.50. The molecule has 0 saturated carbocycles. The second kappa shape index (κ2) is 12.9. The van der Waals surface area contributed by atoms with E-state index in [2.05, 4.69) is 12.2 Å². The van der Waals surface area contributed by atoms with Crippen molar-refractivity contribution in [1.82, 2.24) is 10.2 Å². The number of rotatable bonds is 12. The van der Waals surface area contributed by atoms with Gasteiger partial charge < -0.3 is 15.0 Å². The minimum absolute atomic E-state index is 0.0928. The van der Waals surface area contributed by atoms with Crippen molar-refractivity contribution in [3.63, 3.8) is 0 Å². The van der Waals surface area contributed by atoms with Crippen LogP contribution in [0.1, 0.15) is 45.1 Å². The maximum atomic E-state index is 13.0. The Morgan fingerprint density at radius 3 is 2.47 bits per heavy atom. The minimum Gasteiger partial charge on any atom is -0.494 e. The molecule has 6 heteroatoms. The Labute approximate surface area is 184 Å². The Balaban J connectivity index is 1.98. The number of halogens is 1. The first-order valence-corrected chi connectivity index (χ1v) is 10.9. The van der Waals surface area contributed by atoms with Crippen LogP contribution in [0.15, 0.2) is 54.6 Å². The van der Waals surface area contributed by atoms with E-state index in [1.165, 1.54) is 0 Å². The van der Waals surface area contributed by atoms with E-state index in [-0.39, 0.29) is 11.8 Å². The third kappa shape index (κ3) is 7.71. The lowest BCUT2D eigenvalue weighted by Crippen LogP contribution is -2.47. The van der Waals surface area contributed by atoms with Gasteiger partial charge >= 0.3 is 0 Å². The molecule has 0 spiro atoms. The Kier molecular flexibility index (Phi) is 10.2. The molecule has 162 valence electrons. The van der Waals surface area contributed by atoms with Crippen LogP contribution in [0.5, 0.6) is 5.75 Å². The molecular formula is C24H31ClN2O3. The molecule has 0 unspecified atom stereocenters. The molecule has 0 aliphatic heterocycles. The zero-order valence-electron chi connectivity index (χ0n) is 17.8. The Bertz CT molecular complexity index is 798. The molecule has 1 atom stereocenters. The van der Waals surface area contributed by atoms with Gasteiger partial charge in [0, 0.05) is 24.5 Å². The van der Waals surface area contributed by atoms with Gasteiger partial charge in [-0.25, -0.2) is 0 Å². The van der Waals surface area contributed by atoms with Gasteiger partial charge in [0.2, 0.25) is 11.8 Å². The smallest absolute Gasteiger partial charge is 0.242 e. The highest BCUT2D eigenvalue weighted by Crippen LogP contribution is 2.19. The summed E-state index contributed by atoms with van der Waals surface area (Å²) in [4.78, 5) is 27.2. The molecule has 2 rings (SSSR count). The topological polar surface area (TPSA) is 58.6 Å². The number of carbonyl (C=O) groups is 2. The molecule has 0 aliphatic carbocycles. The quantitative estimate of drug-likeness (QED) is 0.490. The highest BCUT2D eigenvalue weighted by molar-refractivity contribution is 6.31. The maximum absolute atomic E-state index is 13.0. The Morgan fingerprint density at radius 1 is 1.07 bits per heavy atom. The number of benzene rings is 2. The van der Waals surface area contributed by atoms with Crippen LogP contribution in [0.4, 0.5) is 0 Å². The number of unbranched alkanes of at least 4 members (excludes halogenated alkanes) is 1. The van der Waals surface area contributed by atoms with Crippen molar-refractivity contribution in [2.24, 2.45) is 0 Å². The molecule has 0 aromatic heterocycles. The summed E-state index contributed by atoms with van der Waals surface area (Å²) < 4.78 is 5.68. The fourth-order valence-electron chi connectivity index (χ4n) is 3.00. The summed E-state index contributed by atoms with van der Waals surface area (Å²) in [6.07, 6.45) is 2.77. The van der Waals surface area contributed by atoms with Gasteiger partial charge in [-0.2, -0.15) is 0 Å². The highest BCUT2D eigenvalue weighted by atomic mass is 35.5. The number of nitrogens with zero attached hydrogens (tertiary/aromatic N) is 1. The lowest BCUT2D eigenvalue weighted by Gasteiger charge is -2.29. The average Bonchev–Trinajstić information content (AvgIpc) is 2.76. The first kappa shape index (κ1) is 23.7. The molecule has 0 bridgehead atoms. The molecule has 0 radical (unpaired) electrons. The number of hydrogen-bond donors (Lipinski definition) is 1. The van der Waals surface area contributed by atoms with E-state index in [1.54, 1.807) is 17.9 Å². The van der Waals surface area contributed by atoms with E-state index < -0.39 is 6.04 Å². The largest absolute Gasteiger partial charge is 0.494 e. The van der Waals surface area contributed by atoms with Gasteiger partial charge in [0.15, 0.2) is 0 Å². The minimum atomic E-state index is -0.583. The summed E-state index contributed by atoms with van der Waals surface area (Å²) in [6, 6.07) is 16.3. The number of hydrogen-bond acceptors (Lipinski definition) is 3. The van der Waals surface area contributed by atoms with Gasteiger partial charge in [0.05, 0.1) is 6.61 Å². The van der Waals surface area contributed by atoms with Crippen LogP contribution in [-0.4, -0.2) is 35.9 Å². The third-order valence-electron chi connectivity index (χ3n) is 4.84. The molecule has 0 saturated heterocycles. The van der Waals surface area contributed by atoms with Gasteiger partial charge in [-0.1, -0.05) is 61.3 Å². The van der Waals surface area contributed by atoms with Crippen molar-refractivity contribution >= 4 is 23.4 Å². The van der Waals surface area contributed by atoms with Gasteiger partial charge in [0.25, 0.3) is 0 Å². The molecule has 30 heavy (non-hydrogen) atoms. The van der Waals surface area contributed by atoms with Crippen molar-refractivity contribution in [2.45, 2.75) is 52.1 Å². The van der Waals surface area contributed by atoms with Gasteiger partial charge in [-0.3, -0.25) is 9.59 Å². The van der Waals surface area contributed by atoms with E-state index in [0.29, 0.717) is 37.6 Å². The van der Waals surface area contributed by atoms with Crippen molar-refractivity contribution < 1.29 is 14.3 Å². The van der Waals surface area contributed by atoms with Crippen molar-refractivity contribution in [3.05, 3.63) is 65.2 Å². The van der Waals surface area contributed by atoms with Gasteiger partial charge in [0.1, 0.15) is 11.8 Å². The van der Waals surface area contributed by atoms with Crippen LogP contribution in [-0.2, 0) is 16.1 Å². The fraction of sp³-hybridized carbons (Fsp3) is 0.417. The summed E-state index contributed by atoms with van der Waals surface area (Å²) in [7, 11) is 0. The Morgan fingerprint density at radius 2 is 1.77 bits per heavy atom. The van der Waals surface area contributed by atoms with E-state index in [0.717, 1.165) is 24.2 Å². The summed E-state index contributed by atoms with van der Waals surface area (Å²) >= 11 is 6.30. The SMILES string of the molecule is CCCCNC(=O)[C@H](C)N(Cc1ccccc1Cl)C(=O)CCCOc1ccccc1. The van der Waals surface area contributed by atoms with E-state index >= 15 is 0 Å². The first-order chi connectivity index (χ1) is 14.5. The molecule has 5 nitrogen and oxygen atoms in total. The lowest BCUT2D eigenvalue weighted by atomic mass is 10.1. The van der Waals surface area contributed by atoms with Crippen molar-refractivity contribution in [1.29, 1.82) is 0 Å². The average molecular weight is 431 g/mol. The summed E-state index contributed by atoms with van der Waals surface area (Å²) in [5.41, 5.74) is 0.821. The van der Waals surface area contributed by atoms with Crippen LogP contribution in [0, 0.1) is 0 Å². The monoisotopic (exact) mass is 430 g/mol.